The van der Waals surface area contributed by atoms with Crippen LogP contribution in [0.15, 0.2) is 18.2 Å². The van der Waals surface area contributed by atoms with Crippen molar-refractivity contribution in [3.8, 4) is 0 Å². The molecule has 4 heteroatoms. The van der Waals surface area contributed by atoms with Crippen LogP contribution in [-0.4, -0.2) is 36.7 Å². The van der Waals surface area contributed by atoms with Crippen molar-refractivity contribution in [1.82, 2.24) is 4.90 Å². The highest BCUT2D eigenvalue weighted by molar-refractivity contribution is 7.80. The summed E-state index contributed by atoms with van der Waals surface area (Å²) in [5.41, 5.74) is 3.42. The average molecular weight is 264 g/mol. The Bertz CT molecular complexity index is 434. The van der Waals surface area contributed by atoms with Gasteiger partial charge in [-0.1, -0.05) is 12.1 Å². The summed E-state index contributed by atoms with van der Waals surface area (Å²) in [5, 5.41) is 2.86. The Morgan fingerprint density at radius 2 is 2.22 bits per heavy atom. The van der Waals surface area contributed by atoms with Crippen LogP contribution in [0.2, 0.25) is 0 Å². The molecule has 1 aromatic carbocycles. The van der Waals surface area contributed by atoms with Gasteiger partial charge in [-0.25, -0.2) is 0 Å². The molecule has 3 nitrogen and oxygen atoms in total. The Hall–Kier alpha value is -1.00. The number of amides is 1. The van der Waals surface area contributed by atoms with Crippen LogP contribution in [-0.2, 0) is 17.6 Å². The Kier molecular flexibility index (Phi) is 4.66. The minimum absolute atomic E-state index is 0.105. The lowest BCUT2D eigenvalue weighted by atomic mass is 10.1. The molecule has 0 fully saturated rings. The molecular weight excluding hydrogens is 244 g/mol. The number of fused-ring (bicyclic) bond motifs is 1. The van der Waals surface area contributed by atoms with E-state index in [2.05, 4.69) is 42.0 Å². The molecular formula is C14H20N2OS. The van der Waals surface area contributed by atoms with Crippen molar-refractivity contribution < 1.29 is 4.79 Å². The summed E-state index contributed by atoms with van der Waals surface area (Å²) in [6.07, 6.45) is 2.69. The van der Waals surface area contributed by atoms with Crippen LogP contribution in [0.3, 0.4) is 0 Å². The van der Waals surface area contributed by atoms with Gasteiger partial charge in [-0.3, -0.25) is 4.79 Å². The minimum atomic E-state index is 0.105. The molecule has 1 aliphatic heterocycles. The second-order valence-electron chi connectivity index (χ2n) is 4.85. The first-order valence-electron chi connectivity index (χ1n) is 6.40. The van der Waals surface area contributed by atoms with Gasteiger partial charge >= 0.3 is 0 Å². The third-order valence-electron chi connectivity index (χ3n) is 3.27. The molecule has 0 atom stereocenters. The molecule has 0 radical (unpaired) electrons. The Morgan fingerprint density at radius 1 is 1.39 bits per heavy atom. The summed E-state index contributed by atoms with van der Waals surface area (Å²) in [7, 11) is 2.14. The van der Waals surface area contributed by atoms with Crippen LogP contribution < -0.4 is 5.32 Å². The van der Waals surface area contributed by atoms with Crippen molar-refractivity contribution in [2.75, 3.05) is 31.2 Å². The molecule has 1 aliphatic rings. The summed E-state index contributed by atoms with van der Waals surface area (Å²) < 4.78 is 0. The van der Waals surface area contributed by atoms with Gasteiger partial charge in [0.05, 0.1) is 6.42 Å². The van der Waals surface area contributed by atoms with E-state index in [0.29, 0.717) is 6.42 Å². The number of thiol groups is 1. The number of nitrogens with zero attached hydrogens (tertiary/aromatic N) is 1. The predicted octanol–water partition coefficient (Wildman–Crippen LogP) is 1.98. The van der Waals surface area contributed by atoms with Crippen LogP contribution in [0, 0.1) is 0 Å². The van der Waals surface area contributed by atoms with E-state index in [-0.39, 0.29) is 5.91 Å². The summed E-state index contributed by atoms with van der Waals surface area (Å²) in [6.45, 7) is 2.14. The predicted molar refractivity (Wildman–Crippen MR) is 78.4 cm³/mol. The number of anilines is 1. The molecule has 0 unspecified atom stereocenters. The fourth-order valence-electron chi connectivity index (χ4n) is 2.21. The first-order valence-corrected chi connectivity index (χ1v) is 7.03. The van der Waals surface area contributed by atoms with Crippen molar-refractivity contribution in [3.63, 3.8) is 0 Å². The molecule has 2 rings (SSSR count). The molecule has 0 saturated heterocycles. The lowest BCUT2D eigenvalue weighted by molar-refractivity contribution is -0.115. The van der Waals surface area contributed by atoms with E-state index in [0.717, 1.165) is 42.9 Å². The molecule has 0 spiro atoms. The standard InChI is InChI=1S/C14H20N2OS/c1-16(6-2-8-18)7-5-11-3-4-13-12(9-11)10-14(17)15-13/h3-4,9,18H,2,5-8,10H2,1H3,(H,15,17). The van der Waals surface area contributed by atoms with Gasteiger partial charge < -0.3 is 10.2 Å². The number of carbonyl (C=O) groups is 1. The van der Waals surface area contributed by atoms with Gasteiger partial charge in [-0.05, 0) is 49.4 Å². The first kappa shape index (κ1) is 13.4. The molecule has 1 heterocycles. The van der Waals surface area contributed by atoms with Crippen molar-refractivity contribution in [2.24, 2.45) is 0 Å². The molecule has 0 aliphatic carbocycles. The summed E-state index contributed by atoms with van der Waals surface area (Å²) in [6, 6.07) is 6.28. The maximum Gasteiger partial charge on any atom is 0.228 e. The average Bonchev–Trinajstić information content (AvgIpc) is 2.73. The van der Waals surface area contributed by atoms with E-state index < -0.39 is 0 Å². The highest BCUT2D eigenvalue weighted by Crippen LogP contribution is 2.23. The van der Waals surface area contributed by atoms with Crippen LogP contribution in [0.4, 0.5) is 5.69 Å². The second-order valence-corrected chi connectivity index (χ2v) is 5.29. The van der Waals surface area contributed by atoms with Gasteiger partial charge in [0.2, 0.25) is 5.91 Å². The monoisotopic (exact) mass is 264 g/mol. The van der Waals surface area contributed by atoms with Gasteiger partial charge in [-0.2, -0.15) is 12.6 Å². The number of likely N-dealkylation sites (N-methyl/N-ethyl adjacent to an activating group) is 1. The zero-order chi connectivity index (χ0) is 13.0. The Morgan fingerprint density at radius 3 is 3.00 bits per heavy atom. The van der Waals surface area contributed by atoms with Crippen LogP contribution >= 0.6 is 12.6 Å². The van der Waals surface area contributed by atoms with E-state index in [1.165, 1.54) is 5.56 Å². The third-order valence-corrected chi connectivity index (χ3v) is 3.59. The number of hydrogen-bond donors (Lipinski definition) is 2. The highest BCUT2D eigenvalue weighted by Gasteiger charge is 2.17. The molecule has 1 N–H and O–H groups in total. The maximum absolute atomic E-state index is 11.3. The van der Waals surface area contributed by atoms with Gasteiger partial charge in [0, 0.05) is 12.2 Å². The maximum atomic E-state index is 11.3. The first-order chi connectivity index (χ1) is 8.69. The van der Waals surface area contributed by atoms with Crippen LogP contribution in [0.25, 0.3) is 0 Å². The number of rotatable bonds is 6. The highest BCUT2D eigenvalue weighted by atomic mass is 32.1. The van der Waals surface area contributed by atoms with Crippen molar-refractivity contribution in [1.29, 1.82) is 0 Å². The fraction of sp³-hybridized carbons (Fsp3) is 0.500. The molecule has 18 heavy (non-hydrogen) atoms. The van der Waals surface area contributed by atoms with Gasteiger partial charge in [0.1, 0.15) is 0 Å². The molecule has 98 valence electrons. The van der Waals surface area contributed by atoms with Crippen LogP contribution in [0.1, 0.15) is 17.5 Å². The molecule has 0 saturated carbocycles. The molecule has 1 amide bonds. The number of nitrogens with one attached hydrogen (secondary N) is 1. The second kappa shape index (κ2) is 6.25. The minimum Gasteiger partial charge on any atom is -0.326 e. The summed E-state index contributed by atoms with van der Waals surface area (Å²) in [4.78, 5) is 13.6. The number of hydrogen-bond acceptors (Lipinski definition) is 3. The molecule has 0 aromatic heterocycles. The zero-order valence-corrected chi connectivity index (χ0v) is 11.7. The van der Waals surface area contributed by atoms with E-state index >= 15 is 0 Å². The molecule has 1 aromatic rings. The van der Waals surface area contributed by atoms with E-state index in [1.54, 1.807) is 0 Å². The van der Waals surface area contributed by atoms with Crippen molar-refractivity contribution >= 4 is 24.2 Å². The topological polar surface area (TPSA) is 32.3 Å². The molecule has 0 bridgehead atoms. The van der Waals surface area contributed by atoms with Gasteiger partial charge in [0.15, 0.2) is 0 Å². The van der Waals surface area contributed by atoms with E-state index in [4.69, 9.17) is 0 Å². The fourth-order valence-corrected chi connectivity index (χ4v) is 2.35. The van der Waals surface area contributed by atoms with Crippen LogP contribution in [0.5, 0.6) is 0 Å². The van der Waals surface area contributed by atoms with Crippen molar-refractivity contribution in [3.05, 3.63) is 29.3 Å². The lowest BCUT2D eigenvalue weighted by Gasteiger charge is -2.16. The summed E-state index contributed by atoms with van der Waals surface area (Å²) in [5.74, 6) is 1.05. The lowest BCUT2D eigenvalue weighted by Crippen LogP contribution is -2.22. The Labute approximate surface area is 114 Å². The quantitative estimate of drug-likeness (QED) is 0.770. The SMILES string of the molecule is CN(CCCS)CCc1ccc2c(c1)CC(=O)N2. The third kappa shape index (κ3) is 3.50. The van der Waals surface area contributed by atoms with Gasteiger partial charge in [0.25, 0.3) is 0 Å². The van der Waals surface area contributed by atoms with Crippen molar-refractivity contribution in [2.45, 2.75) is 19.3 Å². The Balaban J connectivity index is 1.87. The largest absolute Gasteiger partial charge is 0.326 e. The number of carbonyl (C=O) groups excluding carboxylic acids is 1. The summed E-state index contributed by atoms with van der Waals surface area (Å²) >= 11 is 4.22. The number of benzene rings is 1. The van der Waals surface area contributed by atoms with Gasteiger partial charge in [-0.15, -0.1) is 0 Å². The van der Waals surface area contributed by atoms with E-state index in [1.807, 2.05) is 6.07 Å². The van der Waals surface area contributed by atoms with E-state index in [9.17, 15) is 4.79 Å². The smallest absolute Gasteiger partial charge is 0.228 e. The normalized spacial score (nSPS) is 13.8. The zero-order valence-electron chi connectivity index (χ0n) is 10.8.